The molecule has 2 heterocycles. The Labute approximate surface area is 95.1 Å². The van der Waals surface area contributed by atoms with E-state index >= 15 is 0 Å². The van der Waals surface area contributed by atoms with Gasteiger partial charge < -0.3 is 0 Å². The first-order chi connectivity index (χ1) is 7.20. The van der Waals surface area contributed by atoms with Crippen molar-refractivity contribution in [1.82, 2.24) is 14.8 Å². The summed E-state index contributed by atoms with van der Waals surface area (Å²) in [7, 11) is 0. The van der Waals surface area contributed by atoms with Crippen molar-refractivity contribution >= 4 is 22.2 Å². The molecule has 0 bridgehead atoms. The lowest BCUT2D eigenvalue weighted by Gasteiger charge is -1.98. The van der Waals surface area contributed by atoms with Crippen molar-refractivity contribution in [1.29, 1.82) is 0 Å². The summed E-state index contributed by atoms with van der Waals surface area (Å²) in [6, 6.07) is 3.70. The highest BCUT2D eigenvalue weighted by molar-refractivity contribution is 9.10. The van der Waals surface area contributed by atoms with E-state index in [2.05, 4.69) is 26.0 Å². The van der Waals surface area contributed by atoms with Gasteiger partial charge in [0, 0.05) is 16.9 Å². The van der Waals surface area contributed by atoms with Crippen molar-refractivity contribution < 1.29 is 4.79 Å². The van der Waals surface area contributed by atoms with Crippen LogP contribution in [-0.4, -0.2) is 21.1 Å². The van der Waals surface area contributed by atoms with Gasteiger partial charge in [-0.3, -0.25) is 4.79 Å². The zero-order valence-corrected chi connectivity index (χ0v) is 9.60. The molecule has 0 spiro atoms. The monoisotopic (exact) mass is 265 g/mol. The summed E-state index contributed by atoms with van der Waals surface area (Å²) in [4.78, 5) is 14.8. The Bertz CT molecular complexity index is 490. The average molecular weight is 266 g/mol. The summed E-state index contributed by atoms with van der Waals surface area (Å²) in [5.41, 5.74) is 1.29. The molecule has 2 rings (SSSR count). The van der Waals surface area contributed by atoms with Crippen LogP contribution in [0.2, 0.25) is 0 Å². The maximum absolute atomic E-state index is 10.6. The van der Waals surface area contributed by atoms with Crippen molar-refractivity contribution in [2.45, 2.75) is 6.92 Å². The number of aromatic nitrogens is 3. The molecular formula is C10H8BrN3O. The lowest BCUT2D eigenvalue weighted by Crippen LogP contribution is -1.97. The number of rotatable bonds is 2. The normalized spacial score (nSPS) is 10.3. The molecular weight excluding hydrogens is 258 g/mol. The van der Waals surface area contributed by atoms with Gasteiger partial charge in [-0.25, -0.2) is 9.67 Å². The minimum absolute atomic E-state index is 0.583. The third-order valence-corrected chi connectivity index (χ3v) is 2.48. The van der Waals surface area contributed by atoms with Crippen LogP contribution in [0.3, 0.4) is 0 Å². The number of aldehydes is 1. The fourth-order valence-electron chi connectivity index (χ4n) is 1.21. The Morgan fingerprint density at radius 1 is 1.47 bits per heavy atom. The molecule has 0 fully saturated rings. The van der Waals surface area contributed by atoms with Gasteiger partial charge >= 0.3 is 0 Å². The summed E-state index contributed by atoms with van der Waals surface area (Å²) in [6.07, 6.45) is 4.14. The molecule has 0 aliphatic carbocycles. The highest BCUT2D eigenvalue weighted by atomic mass is 79.9. The van der Waals surface area contributed by atoms with Gasteiger partial charge in [0.2, 0.25) is 0 Å². The van der Waals surface area contributed by atoms with E-state index < -0.39 is 0 Å². The second kappa shape index (κ2) is 3.94. The van der Waals surface area contributed by atoms with Crippen molar-refractivity contribution in [3.63, 3.8) is 0 Å². The Kier molecular flexibility index (Phi) is 2.64. The third kappa shape index (κ3) is 1.97. The van der Waals surface area contributed by atoms with E-state index in [-0.39, 0.29) is 0 Å². The van der Waals surface area contributed by atoms with Crippen LogP contribution in [0.1, 0.15) is 16.1 Å². The van der Waals surface area contributed by atoms with Crippen LogP contribution in [0, 0.1) is 6.92 Å². The first-order valence-corrected chi connectivity index (χ1v) is 5.13. The van der Waals surface area contributed by atoms with E-state index in [1.54, 1.807) is 24.0 Å². The van der Waals surface area contributed by atoms with Crippen molar-refractivity contribution in [2.75, 3.05) is 0 Å². The topological polar surface area (TPSA) is 47.8 Å². The second-order valence-corrected chi connectivity index (χ2v) is 3.98. The van der Waals surface area contributed by atoms with Gasteiger partial charge in [0.15, 0.2) is 12.1 Å². The molecule has 0 N–H and O–H groups in total. The SMILES string of the molecule is Cc1nn(-c2ccc(Br)cn2)cc1C=O. The third-order valence-electron chi connectivity index (χ3n) is 2.01. The number of halogens is 1. The molecule has 4 nitrogen and oxygen atoms in total. The van der Waals surface area contributed by atoms with Crippen LogP contribution in [0.4, 0.5) is 0 Å². The summed E-state index contributed by atoms with van der Waals surface area (Å²) in [6.45, 7) is 1.79. The summed E-state index contributed by atoms with van der Waals surface area (Å²) < 4.78 is 2.50. The van der Waals surface area contributed by atoms with E-state index in [0.717, 1.165) is 10.8 Å². The maximum atomic E-state index is 10.6. The maximum Gasteiger partial charge on any atom is 0.153 e. The van der Waals surface area contributed by atoms with E-state index in [4.69, 9.17) is 0 Å². The molecule has 2 aromatic heterocycles. The highest BCUT2D eigenvalue weighted by Gasteiger charge is 2.05. The first-order valence-electron chi connectivity index (χ1n) is 4.34. The molecule has 2 aromatic rings. The van der Waals surface area contributed by atoms with E-state index in [9.17, 15) is 4.79 Å². The van der Waals surface area contributed by atoms with Crippen LogP contribution < -0.4 is 0 Å². The number of aryl methyl sites for hydroxylation is 1. The Balaban J connectivity index is 2.45. The summed E-state index contributed by atoms with van der Waals surface area (Å²) in [5.74, 6) is 0.689. The Morgan fingerprint density at radius 2 is 2.27 bits per heavy atom. The number of pyridine rings is 1. The zero-order valence-electron chi connectivity index (χ0n) is 8.01. The van der Waals surface area contributed by atoms with Crippen LogP contribution in [0.5, 0.6) is 0 Å². The molecule has 0 saturated carbocycles. The van der Waals surface area contributed by atoms with Gasteiger partial charge in [-0.2, -0.15) is 5.10 Å². The Morgan fingerprint density at radius 3 is 2.80 bits per heavy atom. The summed E-state index contributed by atoms with van der Waals surface area (Å²) in [5, 5.41) is 4.19. The molecule has 0 atom stereocenters. The average Bonchev–Trinajstić information content (AvgIpc) is 2.61. The number of hydrogen-bond donors (Lipinski definition) is 0. The molecule has 15 heavy (non-hydrogen) atoms. The zero-order chi connectivity index (χ0) is 10.8. The number of hydrogen-bond acceptors (Lipinski definition) is 3. The minimum atomic E-state index is 0.583. The van der Waals surface area contributed by atoms with E-state index in [0.29, 0.717) is 17.1 Å². The number of carbonyl (C=O) groups is 1. The van der Waals surface area contributed by atoms with Crippen molar-refractivity contribution in [2.24, 2.45) is 0 Å². The van der Waals surface area contributed by atoms with Gasteiger partial charge in [-0.15, -0.1) is 0 Å². The highest BCUT2D eigenvalue weighted by Crippen LogP contribution is 2.11. The lowest BCUT2D eigenvalue weighted by atomic mass is 10.3. The van der Waals surface area contributed by atoms with Crippen LogP contribution in [0.25, 0.3) is 5.82 Å². The molecule has 0 amide bonds. The first kappa shape index (κ1) is 10.0. The minimum Gasteiger partial charge on any atom is -0.298 e. The molecule has 0 saturated heterocycles. The molecule has 0 radical (unpaired) electrons. The molecule has 0 aliphatic rings. The fourth-order valence-corrected chi connectivity index (χ4v) is 1.44. The van der Waals surface area contributed by atoms with Gasteiger partial charge in [-0.1, -0.05) is 0 Å². The smallest absolute Gasteiger partial charge is 0.153 e. The van der Waals surface area contributed by atoms with Crippen molar-refractivity contribution in [3.8, 4) is 5.82 Å². The number of carbonyl (C=O) groups excluding carboxylic acids is 1. The number of nitrogens with zero attached hydrogens (tertiary/aromatic N) is 3. The fraction of sp³-hybridized carbons (Fsp3) is 0.100. The van der Waals surface area contributed by atoms with E-state index in [1.807, 2.05) is 12.1 Å². The van der Waals surface area contributed by atoms with Gasteiger partial charge in [-0.05, 0) is 35.0 Å². The predicted molar refractivity (Wildman–Crippen MR) is 59.2 cm³/mol. The lowest BCUT2D eigenvalue weighted by molar-refractivity contribution is 0.112. The Hall–Kier alpha value is -1.49. The van der Waals surface area contributed by atoms with Crippen LogP contribution in [0.15, 0.2) is 29.0 Å². The standard InChI is InChI=1S/C10H8BrN3O/c1-7-8(6-15)5-14(13-7)10-3-2-9(11)4-12-10/h2-6H,1H3. The van der Waals surface area contributed by atoms with Gasteiger partial charge in [0.1, 0.15) is 0 Å². The predicted octanol–water partition coefficient (Wildman–Crippen LogP) is 2.15. The van der Waals surface area contributed by atoms with E-state index in [1.165, 1.54) is 0 Å². The molecule has 0 aliphatic heterocycles. The van der Waals surface area contributed by atoms with Crippen LogP contribution in [-0.2, 0) is 0 Å². The van der Waals surface area contributed by atoms with Gasteiger partial charge in [0.05, 0.1) is 11.3 Å². The van der Waals surface area contributed by atoms with Gasteiger partial charge in [0.25, 0.3) is 0 Å². The van der Waals surface area contributed by atoms with Crippen LogP contribution >= 0.6 is 15.9 Å². The molecule has 0 unspecified atom stereocenters. The molecule has 5 heteroatoms. The second-order valence-electron chi connectivity index (χ2n) is 3.07. The molecule has 0 aromatic carbocycles. The summed E-state index contributed by atoms with van der Waals surface area (Å²) >= 11 is 3.30. The van der Waals surface area contributed by atoms with Crippen molar-refractivity contribution in [3.05, 3.63) is 40.3 Å². The molecule has 76 valence electrons. The largest absolute Gasteiger partial charge is 0.298 e. The quantitative estimate of drug-likeness (QED) is 0.782.